The number of para-hydroxylation sites is 1. The van der Waals surface area contributed by atoms with E-state index in [2.05, 4.69) is 5.32 Å². The van der Waals surface area contributed by atoms with Crippen molar-refractivity contribution < 1.29 is 14.3 Å². The van der Waals surface area contributed by atoms with Crippen LogP contribution in [-0.4, -0.2) is 38.6 Å². The Morgan fingerprint density at radius 3 is 2.89 bits per heavy atom. The van der Waals surface area contributed by atoms with Gasteiger partial charge in [-0.15, -0.1) is 0 Å². The highest BCUT2D eigenvalue weighted by Crippen LogP contribution is 2.22. The molecular formula is C14H18N2O3. The van der Waals surface area contributed by atoms with Crippen LogP contribution in [-0.2, 0) is 9.53 Å². The molecule has 0 aliphatic carbocycles. The summed E-state index contributed by atoms with van der Waals surface area (Å²) < 4.78 is 4.77. The number of rotatable bonds is 2. The van der Waals surface area contributed by atoms with E-state index in [0.29, 0.717) is 24.2 Å². The summed E-state index contributed by atoms with van der Waals surface area (Å²) in [5, 5.41) is 3.26. The summed E-state index contributed by atoms with van der Waals surface area (Å²) in [4.78, 5) is 25.6. The minimum Gasteiger partial charge on any atom is -0.465 e. The van der Waals surface area contributed by atoms with Crippen molar-refractivity contribution in [3.8, 4) is 0 Å². The summed E-state index contributed by atoms with van der Waals surface area (Å²) in [5.41, 5.74) is 1.06. The highest BCUT2D eigenvalue weighted by molar-refractivity contribution is 6.02. The highest BCUT2D eigenvalue weighted by atomic mass is 16.5. The number of anilines is 1. The van der Waals surface area contributed by atoms with E-state index in [1.165, 1.54) is 7.11 Å². The van der Waals surface area contributed by atoms with E-state index in [1.807, 2.05) is 6.07 Å². The van der Waals surface area contributed by atoms with Gasteiger partial charge in [-0.25, -0.2) is 4.79 Å². The van der Waals surface area contributed by atoms with Crippen molar-refractivity contribution in [1.82, 2.24) is 5.32 Å². The molecule has 19 heavy (non-hydrogen) atoms. The molecule has 0 unspecified atom stereocenters. The second-order valence-corrected chi connectivity index (χ2v) is 4.41. The third-order valence-electron chi connectivity index (χ3n) is 3.16. The van der Waals surface area contributed by atoms with Crippen LogP contribution in [0, 0.1) is 0 Å². The van der Waals surface area contributed by atoms with Crippen LogP contribution in [0.5, 0.6) is 0 Å². The van der Waals surface area contributed by atoms with E-state index >= 15 is 0 Å². The van der Waals surface area contributed by atoms with E-state index in [-0.39, 0.29) is 5.91 Å². The molecule has 1 heterocycles. The lowest BCUT2D eigenvalue weighted by atomic mass is 10.1. The van der Waals surface area contributed by atoms with E-state index in [4.69, 9.17) is 4.74 Å². The highest BCUT2D eigenvalue weighted by Gasteiger charge is 2.22. The normalized spacial score (nSPS) is 16.7. The van der Waals surface area contributed by atoms with Crippen molar-refractivity contribution in [3.05, 3.63) is 29.8 Å². The quantitative estimate of drug-likeness (QED) is 0.813. The number of amides is 1. The summed E-state index contributed by atoms with van der Waals surface area (Å²) in [6, 6.07) is 7.05. The maximum atomic E-state index is 12.2. The molecule has 1 aliphatic rings. The minimum atomic E-state index is -0.418. The molecule has 0 atom stereocenters. The number of ether oxygens (including phenoxy) is 1. The topological polar surface area (TPSA) is 58.6 Å². The molecule has 2 rings (SSSR count). The molecule has 0 bridgehead atoms. The molecule has 1 aromatic carbocycles. The van der Waals surface area contributed by atoms with Gasteiger partial charge in [0.15, 0.2) is 0 Å². The van der Waals surface area contributed by atoms with Crippen molar-refractivity contribution in [2.24, 2.45) is 0 Å². The predicted octanol–water partition coefficient (Wildman–Crippen LogP) is 1.19. The lowest BCUT2D eigenvalue weighted by Crippen LogP contribution is -2.40. The number of hydrogen-bond donors (Lipinski definition) is 1. The fraction of sp³-hybridized carbons (Fsp3) is 0.429. The smallest absolute Gasteiger partial charge is 0.339 e. The average Bonchev–Trinajstić information content (AvgIpc) is 2.43. The van der Waals surface area contributed by atoms with Gasteiger partial charge in [-0.1, -0.05) is 12.1 Å². The Hall–Kier alpha value is -1.88. The monoisotopic (exact) mass is 262 g/mol. The molecule has 1 N–H and O–H groups in total. The number of benzene rings is 1. The summed E-state index contributed by atoms with van der Waals surface area (Å²) in [5.74, 6) is -0.365. The number of methoxy groups -OCH3 is 1. The summed E-state index contributed by atoms with van der Waals surface area (Å²) in [6.07, 6.45) is 1.30. The molecule has 0 saturated carbocycles. The number of esters is 1. The van der Waals surface area contributed by atoms with Gasteiger partial charge < -0.3 is 15.0 Å². The zero-order valence-corrected chi connectivity index (χ0v) is 11.0. The van der Waals surface area contributed by atoms with Crippen LogP contribution in [0.4, 0.5) is 5.69 Å². The van der Waals surface area contributed by atoms with Crippen molar-refractivity contribution in [1.29, 1.82) is 0 Å². The first-order valence-electron chi connectivity index (χ1n) is 6.42. The Bertz CT molecular complexity index is 474. The van der Waals surface area contributed by atoms with E-state index in [1.54, 1.807) is 23.1 Å². The minimum absolute atomic E-state index is 0.0536. The Morgan fingerprint density at radius 2 is 2.11 bits per heavy atom. The zero-order chi connectivity index (χ0) is 13.7. The van der Waals surface area contributed by atoms with Gasteiger partial charge in [0, 0.05) is 19.5 Å². The average molecular weight is 262 g/mol. The zero-order valence-electron chi connectivity index (χ0n) is 11.0. The van der Waals surface area contributed by atoms with Crippen molar-refractivity contribution in [2.45, 2.75) is 12.8 Å². The summed E-state index contributed by atoms with van der Waals surface area (Å²) >= 11 is 0. The molecule has 1 aromatic rings. The number of carbonyl (C=O) groups excluding carboxylic acids is 2. The second kappa shape index (κ2) is 6.33. The Kier molecular flexibility index (Phi) is 4.52. The summed E-state index contributed by atoms with van der Waals surface area (Å²) in [6.45, 7) is 2.15. The van der Waals surface area contributed by atoms with Crippen LogP contribution in [0.1, 0.15) is 23.2 Å². The molecule has 1 saturated heterocycles. The molecule has 0 aromatic heterocycles. The van der Waals surface area contributed by atoms with E-state index < -0.39 is 5.97 Å². The molecule has 5 heteroatoms. The Labute approximate surface area is 112 Å². The molecule has 102 valence electrons. The van der Waals surface area contributed by atoms with Crippen LogP contribution in [0.25, 0.3) is 0 Å². The van der Waals surface area contributed by atoms with Gasteiger partial charge in [-0.2, -0.15) is 0 Å². The molecule has 0 radical (unpaired) electrons. The molecule has 1 fully saturated rings. The Morgan fingerprint density at radius 1 is 1.32 bits per heavy atom. The second-order valence-electron chi connectivity index (χ2n) is 4.41. The molecule has 5 nitrogen and oxygen atoms in total. The van der Waals surface area contributed by atoms with Gasteiger partial charge in [0.25, 0.3) is 0 Å². The number of hydrogen-bond acceptors (Lipinski definition) is 4. The molecular weight excluding hydrogens is 244 g/mol. The Balaban J connectivity index is 2.32. The van der Waals surface area contributed by atoms with Gasteiger partial charge in [0.1, 0.15) is 0 Å². The van der Waals surface area contributed by atoms with Crippen molar-refractivity contribution in [3.63, 3.8) is 0 Å². The number of nitrogens with zero attached hydrogens (tertiary/aromatic N) is 1. The maximum absolute atomic E-state index is 12.2. The third-order valence-corrected chi connectivity index (χ3v) is 3.16. The maximum Gasteiger partial charge on any atom is 0.339 e. The van der Waals surface area contributed by atoms with Crippen LogP contribution in [0.15, 0.2) is 24.3 Å². The van der Waals surface area contributed by atoms with Crippen LogP contribution in [0.3, 0.4) is 0 Å². The number of nitrogens with one attached hydrogen (secondary N) is 1. The van der Waals surface area contributed by atoms with E-state index in [9.17, 15) is 9.59 Å². The van der Waals surface area contributed by atoms with Gasteiger partial charge in [-0.05, 0) is 25.1 Å². The SMILES string of the molecule is COC(=O)c1ccccc1N1CCNCCCC1=O. The van der Waals surface area contributed by atoms with Crippen molar-refractivity contribution >= 4 is 17.6 Å². The summed E-state index contributed by atoms with van der Waals surface area (Å²) in [7, 11) is 1.34. The fourth-order valence-corrected chi connectivity index (χ4v) is 2.19. The van der Waals surface area contributed by atoms with Gasteiger partial charge >= 0.3 is 5.97 Å². The molecule has 0 spiro atoms. The van der Waals surface area contributed by atoms with E-state index in [0.717, 1.165) is 19.5 Å². The van der Waals surface area contributed by atoms with Gasteiger partial charge in [0.2, 0.25) is 5.91 Å². The molecule has 1 aliphatic heterocycles. The molecule has 1 amide bonds. The largest absolute Gasteiger partial charge is 0.465 e. The first-order valence-corrected chi connectivity index (χ1v) is 6.42. The lowest BCUT2D eigenvalue weighted by molar-refractivity contribution is -0.118. The first kappa shape index (κ1) is 13.5. The first-order chi connectivity index (χ1) is 9.24. The van der Waals surface area contributed by atoms with Gasteiger partial charge in [0.05, 0.1) is 18.4 Å². The van der Waals surface area contributed by atoms with Crippen LogP contribution < -0.4 is 10.2 Å². The lowest BCUT2D eigenvalue weighted by Gasteiger charge is -2.26. The standard InChI is InChI=1S/C14H18N2O3/c1-19-14(18)11-5-2-3-6-12(11)16-10-9-15-8-4-7-13(16)17/h2-3,5-6,15H,4,7-10H2,1H3. The van der Waals surface area contributed by atoms with Gasteiger partial charge in [-0.3, -0.25) is 4.79 Å². The van der Waals surface area contributed by atoms with Crippen LogP contribution in [0.2, 0.25) is 0 Å². The fourth-order valence-electron chi connectivity index (χ4n) is 2.19. The number of carbonyl (C=O) groups is 2. The third kappa shape index (κ3) is 3.12. The predicted molar refractivity (Wildman–Crippen MR) is 72.2 cm³/mol. The van der Waals surface area contributed by atoms with Crippen molar-refractivity contribution in [2.75, 3.05) is 31.6 Å². The van der Waals surface area contributed by atoms with Crippen LogP contribution >= 0.6 is 0 Å².